The Bertz CT molecular complexity index is 987. The van der Waals surface area contributed by atoms with E-state index in [0.717, 1.165) is 22.2 Å². The Morgan fingerprint density at radius 1 is 1.13 bits per heavy atom. The molecule has 6 nitrogen and oxygen atoms in total. The molecule has 0 bridgehead atoms. The molecule has 3 rings (SSSR count). The van der Waals surface area contributed by atoms with Crippen LogP contribution in [0.3, 0.4) is 0 Å². The van der Waals surface area contributed by atoms with E-state index >= 15 is 0 Å². The van der Waals surface area contributed by atoms with Gasteiger partial charge in [-0.15, -0.1) is 0 Å². The Balaban J connectivity index is 1.75. The van der Waals surface area contributed by atoms with Crippen molar-refractivity contribution in [2.75, 3.05) is 13.2 Å². The van der Waals surface area contributed by atoms with E-state index in [4.69, 9.17) is 32.7 Å². The molecule has 0 aromatic heterocycles. The van der Waals surface area contributed by atoms with Gasteiger partial charge in [-0.3, -0.25) is 19.3 Å². The maximum Gasteiger partial charge on any atom is 0.326 e. The Hall–Kier alpha value is -2.48. The first kappa shape index (κ1) is 22.2. The largest absolute Gasteiger partial charge is 0.486 e. The van der Waals surface area contributed by atoms with Crippen LogP contribution in [0.25, 0.3) is 6.08 Å². The molecule has 30 heavy (non-hydrogen) atoms. The fourth-order valence-electron chi connectivity index (χ4n) is 2.65. The van der Waals surface area contributed by atoms with Crippen LogP contribution in [-0.2, 0) is 20.9 Å². The van der Waals surface area contributed by atoms with Crippen LogP contribution < -0.4 is 4.74 Å². The first-order valence-electron chi connectivity index (χ1n) is 8.95. The summed E-state index contributed by atoms with van der Waals surface area (Å²) in [4.78, 5) is 37.2. The molecule has 0 N–H and O–H groups in total. The van der Waals surface area contributed by atoms with Crippen molar-refractivity contribution in [3.8, 4) is 5.75 Å². The summed E-state index contributed by atoms with van der Waals surface area (Å²) in [5.74, 6) is -0.892. The Morgan fingerprint density at radius 2 is 1.80 bits per heavy atom. The van der Waals surface area contributed by atoms with Gasteiger partial charge in [-0.1, -0.05) is 53.5 Å². The number of rotatable bonds is 7. The van der Waals surface area contributed by atoms with Crippen LogP contribution in [0.15, 0.2) is 47.4 Å². The van der Waals surface area contributed by atoms with Gasteiger partial charge in [0.1, 0.15) is 13.2 Å². The van der Waals surface area contributed by atoms with Crippen LogP contribution in [0, 0.1) is 0 Å². The van der Waals surface area contributed by atoms with Crippen molar-refractivity contribution < 1.29 is 23.9 Å². The zero-order chi connectivity index (χ0) is 21.7. The number of ether oxygens (including phenoxy) is 2. The van der Waals surface area contributed by atoms with E-state index in [-0.39, 0.29) is 21.6 Å². The second-order valence-electron chi connectivity index (χ2n) is 6.16. The predicted octanol–water partition coefficient (Wildman–Crippen LogP) is 5.17. The van der Waals surface area contributed by atoms with Crippen molar-refractivity contribution in [2.24, 2.45) is 0 Å². The topological polar surface area (TPSA) is 72.9 Å². The normalized spacial score (nSPS) is 15.0. The summed E-state index contributed by atoms with van der Waals surface area (Å²) in [6.45, 7) is 1.68. The number of imide groups is 1. The van der Waals surface area contributed by atoms with Crippen LogP contribution in [0.1, 0.15) is 18.1 Å². The number of carbonyl (C=O) groups excluding carboxylic acids is 3. The first-order valence-corrected chi connectivity index (χ1v) is 10.5. The molecule has 9 heteroatoms. The maximum atomic E-state index is 12.5. The Kier molecular flexibility index (Phi) is 7.42. The van der Waals surface area contributed by atoms with Crippen LogP contribution >= 0.6 is 35.0 Å². The van der Waals surface area contributed by atoms with Crippen LogP contribution in [0.2, 0.25) is 10.0 Å². The number of carbonyl (C=O) groups is 3. The molecule has 1 heterocycles. The predicted molar refractivity (Wildman–Crippen MR) is 117 cm³/mol. The lowest BCUT2D eigenvalue weighted by Gasteiger charge is -2.11. The van der Waals surface area contributed by atoms with Gasteiger partial charge in [0.15, 0.2) is 5.75 Å². The SMILES string of the molecule is CCOC(=O)CN1C(=O)S/C(=C/c2cc(Cl)c(OCc3ccccc3)c(Cl)c2)C1=O. The second-order valence-corrected chi connectivity index (χ2v) is 7.97. The second kappa shape index (κ2) is 10.0. The lowest BCUT2D eigenvalue weighted by molar-refractivity contribution is -0.145. The minimum absolute atomic E-state index is 0.161. The minimum Gasteiger partial charge on any atom is -0.486 e. The maximum absolute atomic E-state index is 12.5. The van der Waals surface area contributed by atoms with Crippen LogP contribution in [-0.4, -0.2) is 35.2 Å². The Labute approximate surface area is 187 Å². The summed E-state index contributed by atoms with van der Waals surface area (Å²) in [7, 11) is 0. The standard InChI is InChI=1S/C21H17Cl2NO5S/c1-2-28-18(25)11-24-20(26)17(30-21(24)27)10-14-8-15(22)19(16(23)9-14)29-12-13-6-4-3-5-7-13/h3-10H,2,11-12H2,1H3/b17-10+. The molecule has 2 amide bonds. The van der Waals surface area contributed by atoms with Gasteiger partial charge in [-0.25, -0.2) is 0 Å². The van der Waals surface area contributed by atoms with Gasteiger partial charge in [0.05, 0.1) is 21.6 Å². The van der Waals surface area contributed by atoms with Crippen molar-refractivity contribution in [3.05, 3.63) is 68.5 Å². The summed E-state index contributed by atoms with van der Waals surface area (Å²) < 4.78 is 10.5. The van der Waals surface area contributed by atoms with E-state index in [1.54, 1.807) is 19.1 Å². The quantitative estimate of drug-likeness (QED) is 0.414. The average molecular weight is 466 g/mol. The van der Waals surface area contributed by atoms with Gasteiger partial charge in [0.25, 0.3) is 11.1 Å². The third kappa shape index (κ3) is 5.36. The summed E-state index contributed by atoms with van der Waals surface area (Å²) in [5, 5.41) is 0.00479. The van der Waals surface area contributed by atoms with Gasteiger partial charge >= 0.3 is 5.97 Å². The van der Waals surface area contributed by atoms with Gasteiger partial charge in [0, 0.05) is 0 Å². The lowest BCUT2D eigenvalue weighted by Crippen LogP contribution is -2.34. The molecule has 0 aliphatic carbocycles. The summed E-state index contributed by atoms with van der Waals surface area (Å²) in [6, 6.07) is 12.7. The zero-order valence-corrected chi connectivity index (χ0v) is 18.2. The number of benzene rings is 2. The monoisotopic (exact) mass is 465 g/mol. The molecule has 0 radical (unpaired) electrons. The van der Waals surface area contributed by atoms with E-state index in [1.165, 1.54) is 6.08 Å². The fraction of sp³-hybridized carbons (Fsp3) is 0.190. The van der Waals surface area contributed by atoms with E-state index in [2.05, 4.69) is 0 Å². The third-order valence-electron chi connectivity index (χ3n) is 4.01. The van der Waals surface area contributed by atoms with Crippen LogP contribution in [0.5, 0.6) is 5.75 Å². The molecule has 0 unspecified atom stereocenters. The number of nitrogens with zero attached hydrogens (tertiary/aromatic N) is 1. The highest BCUT2D eigenvalue weighted by atomic mass is 35.5. The number of esters is 1. The van der Waals surface area contributed by atoms with E-state index in [1.807, 2.05) is 30.3 Å². The van der Waals surface area contributed by atoms with Gasteiger partial charge in [0.2, 0.25) is 0 Å². The lowest BCUT2D eigenvalue weighted by atomic mass is 10.2. The molecule has 0 saturated carbocycles. The summed E-state index contributed by atoms with van der Waals surface area (Å²) in [6.07, 6.45) is 1.49. The van der Waals surface area contributed by atoms with Crippen molar-refractivity contribution in [1.29, 1.82) is 0 Å². The van der Waals surface area contributed by atoms with Crippen molar-refractivity contribution in [2.45, 2.75) is 13.5 Å². The van der Waals surface area contributed by atoms with Crippen molar-refractivity contribution in [3.63, 3.8) is 0 Å². The number of thioether (sulfide) groups is 1. The summed E-state index contributed by atoms with van der Waals surface area (Å²) >= 11 is 13.4. The molecular formula is C21H17Cl2NO5S. The Morgan fingerprint density at radius 3 is 2.43 bits per heavy atom. The van der Waals surface area contributed by atoms with Gasteiger partial charge in [-0.2, -0.15) is 0 Å². The smallest absolute Gasteiger partial charge is 0.326 e. The number of hydrogen-bond donors (Lipinski definition) is 0. The number of amides is 2. The highest BCUT2D eigenvalue weighted by Gasteiger charge is 2.36. The minimum atomic E-state index is -0.646. The van der Waals surface area contributed by atoms with E-state index in [0.29, 0.717) is 17.9 Å². The average Bonchev–Trinajstić information content (AvgIpc) is 2.95. The molecule has 2 aromatic carbocycles. The fourth-order valence-corrected chi connectivity index (χ4v) is 4.11. The van der Waals surface area contributed by atoms with E-state index in [9.17, 15) is 14.4 Å². The van der Waals surface area contributed by atoms with Crippen molar-refractivity contribution in [1.82, 2.24) is 4.90 Å². The molecule has 156 valence electrons. The molecule has 0 spiro atoms. The highest BCUT2D eigenvalue weighted by molar-refractivity contribution is 8.18. The molecule has 1 aliphatic heterocycles. The van der Waals surface area contributed by atoms with Gasteiger partial charge in [-0.05, 0) is 48.0 Å². The first-order chi connectivity index (χ1) is 14.4. The third-order valence-corrected chi connectivity index (χ3v) is 5.48. The summed E-state index contributed by atoms with van der Waals surface area (Å²) in [5.41, 5.74) is 1.49. The zero-order valence-electron chi connectivity index (χ0n) is 15.9. The molecule has 1 aliphatic rings. The van der Waals surface area contributed by atoms with Gasteiger partial charge < -0.3 is 9.47 Å². The van der Waals surface area contributed by atoms with Crippen LogP contribution in [0.4, 0.5) is 4.79 Å². The number of hydrogen-bond acceptors (Lipinski definition) is 6. The molecule has 1 saturated heterocycles. The number of halogens is 2. The molecule has 0 atom stereocenters. The van der Waals surface area contributed by atoms with Crippen molar-refractivity contribution >= 4 is 58.2 Å². The molecule has 2 aromatic rings. The highest BCUT2D eigenvalue weighted by Crippen LogP contribution is 2.37. The molecular weight excluding hydrogens is 449 g/mol. The molecule has 1 fully saturated rings. The van der Waals surface area contributed by atoms with E-state index < -0.39 is 23.7 Å².